The van der Waals surface area contributed by atoms with Gasteiger partial charge in [-0.05, 0) is 25.7 Å². The minimum absolute atomic E-state index is 0.120. The van der Waals surface area contributed by atoms with Crippen molar-refractivity contribution in [1.82, 2.24) is 24.8 Å². The van der Waals surface area contributed by atoms with Gasteiger partial charge in [0.1, 0.15) is 5.69 Å². The van der Waals surface area contributed by atoms with Gasteiger partial charge >= 0.3 is 5.97 Å². The third-order valence-electron chi connectivity index (χ3n) is 5.12. The number of hydrogen-bond acceptors (Lipinski definition) is 4. The molecule has 0 amide bonds. The number of nitrogens with zero attached hydrogens (tertiary/aromatic N) is 5. The number of hydrogen-bond donors (Lipinski definition) is 1. The Hall–Kier alpha value is -2.18. The Morgan fingerprint density at radius 1 is 1.30 bits per heavy atom. The van der Waals surface area contributed by atoms with Crippen LogP contribution in [0, 0.1) is 5.41 Å². The molecule has 0 spiro atoms. The van der Waals surface area contributed by atoms with Crippen LogP contribution in [-0.4, -0.2) is 35.9 Å². The lowest BCUT2D eigenvalue weighted by molar-refractivity contribution is -0.138. The van der Waals surface area contributed by atoms with Crippen LogP contribution in [0.5, 0.6) is 0 Å². The molecule has 23 heavy (non-hydrogen) atoms. The molecule has 2 saturated carbocycles. The average Bonchev–Trinajstić information content (AvgIpc) is 3.02. The van der Waals surface area contributed by atoms with E-state index in [1.54, 1.807) is 4.68 Å². The molecule has 0 aromatic carbocycles. The van der Waals surface area contributed by atoms with Crippen LogP contribution in [0.1, 0.15) is 51.0 Å². The van der Waals surface area contributed by atoms with Crippen LogP contribution in [0.25, 0.3) is 11.3 Å². The molecule has 0 unspecified atom stereocenters. The summed E-state index contributed by atoms with van der Waals surface area (Å²) in [4.78, 5) is 10.9. The monoisotopic (exact) mass is 315 g/mol. The summed E-state index contributed by atoms with van der Waals surface area (Å²) in [7, 11) is 0. The van der Waals surface area contributed by atoms with Gasteiger partial charge in [-0.1, -0.05) is 18.1 Å². The van der Waals surface area contributed by atoms with E-state index >= 15 is 0 Å². The topological polar surface area (TPSA) is 85.8 Å². The fourth-order valence-electron chi connectivity index (χ4n) is 3.58. The molecule has 0 saturated heterocycles. The summed E-state index contributed by atoms with van der Waals surface area (Å²) < 4.78 is 3.83. The van der Waals surface area contributed by atoms with Crippen molar-refractivity contribution in [3.63, 3.8) is 0 Å². The lowest BCUT2D eigenvalue weighted by Crippen LogP contribution is -2.16. The molecule has 2 aromatic rings. The highest BCUT2D eigenvalue weighted by Crippen LogP contribution is 2.50. The maximum atomic E-state index is 10.9. The predicted octanol–water partition coefficient (Wildman–Crippen LogP) is 2.51. The van der Waals surface area contributed by atoms with Crippen molar-refractivity contribution in [3.8, 4) is 11.3 Å². The second kappa shape index (κ2) is 5.47. The Labute approximate surface area is 134 Å². The van der Waals surface area contributed by atoms with Crippen LogP contribution in [0.3, 0.4) is 0 Å². The summed E-state index contributed by atoms with van der Waals surface area (Å²) in [6.07, 6.45) is 12.9. The minimum Gasteiger partial charge on any atom is -0.481 e. The van der Waals surface area contributed by atoms with Gasteiger partial charge in [0.25, 0.3) is 0 Å². The number of carboxylic acids is 1. The highest BCUT2D eigenvalue weighted by Gasteiger charge is 2.45. The number of aliphatic carboxylic acids is 1. The Kier molecular flexibility index (Phi) is 3.43. The molecule has 7 nitrogen and oxygen atoms in total. The highest BCUT2D eigenvalue weighted by atomic mass is 16.4. The molecule has 2 aliphatic carbocycles. The van der Waals surface area contributed by atoms with E-state index in [0.29, 0.717) is 12.6 Å². The summed E-state index contributed by atoms with van der Waals surface area (Å²) in [6, 6.07) is 0.518. The number of carboxylic acid groups (broad SMARTS) is 1. The molecule has 4 rings (SSSR count). The van der Waals surface area contributed by atoms with Crippen LogP contribution >= 0.6 is 0 Å². The molecule has 0 aliphatic heterocycles. The molecule has 122 valence electrons. The van der Waals surface area contributed by atoms with Crippen LogP contribution in [-0.2, 0) is 11.3 Å². The van der Waals surface area contributed by atoms with Gasteiger partial charge in [0, 0.05) is 23.7 Å². The first-order chi connectivity index (χ1) is 11.1. The van der Waals surface area contributed by atoms with Crippen molar-refractivity contribution < 1.29 is 9.90 Å². The fraction of sp³-hybridized carbons (Fsp3) is 0.625. The summed E-state index contributed by atoms with van der Waals surface area (Å²) in [5.41, 5.74) is 1.66. The molecule has 0 bridgehead atoms. The van der Waals surface area contributed by atoms with Crippen LogP contribution in [0.4, 0.5) is 0 Å². The summed E-state index contributed by atoms with van der Waals surface area (Å²) in [5.74, 6) is -0.735. The molecule has 7 heteroatoms. The first kappa shape index (κ1) is 14.4. The summed E-state index contributed by atoms with van der Waals surface area (Å²) in [5, 5.41) is 21.9. The molecule has 0 atom stereocenters. The van der Waals surface area contributed by atoms with Gasteiger partial charge in [-0.25, -0.2) is 0 Å². The molecule has 0 radical (unpaired) electrons. The van der Waals surface area contributed by atoms with E-state index in [2.05, 4.69) is 21.6 Å². The third-order valence-corrected chi connectivity index (χ3v) is 5.12. The van der Waals surface area contributed by atoms with Crippen molar-refractivity contribution in [2.45, 2.75) is 57.5 Å². The van der Waals surface area contributed by atoms with Crippen molar-refractivity contribution in [1.29, 1.82) is 0 Å². The smallest absolute Gasteiger partial charge is 0.303 e. The summed E-state index contributed by atoms with van der Waals surface area (Å²) >= 11 is 0. The van der Waals surface area contributed by atoms with Gasteiger partial charge in [0.2, 0.25) is 0 Å². The lowest BCUT2D eigenvalue weighted by atomic mass is 10.0. The second-order valence-corrected chi connectivity index (χ2v) is 7.02. The second-order valence-electron chi connectivity index (χ2n) is 7.02. The Morgan fingerprint density at radius 3 is 2.78 bits per heavy atom. The third kappa shape index (κ3) is 3.00. The van der Waals surface area contributed by atoms with E-state index in [4.69, 9.17) is 5.11 Å². The Balaban J connectivity index is 1.46. The van der Waals surface area contributed by atoms with Crippen molar-refractivity contribution in [2.75, 3.05) is 0 Å². The minimum atomic E-state index is -0.735. The molecular weight excluding hydrogens is 294 g/mol. The zero-order valence-electron chi connectivity index (χ0n) is 13.1. The lowest BCUT2D eigenvalue weighted by Gasteiger charge is -2.11. The normalized spacial score (nSPS) is 20.0. The average molecular weight is 315 g/mol. The van der Waals surface area contributed by atoms with Gasteiger partial charge in [-0.3, -0.25) is 14.2 Å². The van der Waals surface area contributed by atoms with Crippen LogP contribution in [0.15, 0.2) is 18.6 Å². The maximum absolute atomic E-state index is 10.9. The first-order valence-electron chi connectivity index (χ1n) is 8.30. The fourth-order valence-corrected chi connectivity index (χ4v) is 3.58. The zero-order chi connectivity index (χ0) is 15.9. The van der Waals surface area contributed by atoms with Crippen molar-refractivity contribution in [2.24, 2.45) is 5.41 Å². The maximum Gasteiger partial charge on any atom is 0.303 e. The Bertz CT molecular complexity index is 710. The van der Waals surface area contributed by atoms with Gasteiger partial charge in [0.15, 0.2) is 0 Å². The number of carbonyl (C=O) groups is 1. The predicted molar refractivity (Wildman–Crippen MR) is 82.7 cm³/mol. The largest absolute Gasteiger partial charge is 0.481 e. The quantitative estimate of drug-likeness (QED) is 0.885. The van der Waals surface area contributed by atoms with E-state index in [9.17, 15) is 4.79 Å². The van der Waals surface area contributed by atoms with E-state index in [1.165, 1.54) is 25.7 Å². The summed E-state index contributed by atoms with van der Waals surface area (Å²) in [6.45, 7) is 0.628. The number of rotatable bonds is 6. The van der Waals surface area contributed by atoms with Crippen molar-refractivity contribution in [3.05, 3.63) is 18.6 Å². The van der Waals surface area contributed by atoms with Crippen LogP contribution in [0.2, 0.25) is 0 Å². The highest BCUT2D eigenvalue weighted by molar-refractivity contribution is 5.68. The molecule has 2 aromatic heterocycles. The van der Waals surface area contributed by atoms with Gasteiger partial charge in [-0.2, -0.15) is 5.10 Å². The molecule has 1 N–H and O–H groups in total. The zero-order valence-corrected chi connectivity index (χ0v) is 13.1. The molecule has 2 heterocycles. The Morgan fingerprint density at radius 2 is 2.09 bits per heavy atom. The molecule has 2 fully saturated rings. The molecular formula is C16H21N5O2. The van der Waals surface area contributed by atoms with E-state index in [-0.39, 0.29) is 11.8 Å². The van der Waals surface area contributed by atoms with Gasteiger partial charge in [-0.15, -0.1) is 5.10 Å². The van der Waals surface area contributed by atoms with E-state index in [1.807, 2.05) is 17.1 Å². The first-order valence-corrected chi connectivity index (χ1v) is 8.30. The molecule has 2 aliphatic rings. The van der Waals surface area contributed by atoms with Crippen molar-refractivity contribution >= 4 is 5.97 Å². The van der Waals surface area contributed by atoms with Gasteiger partial charge in [0.05, 0.1) is 24.9 Å². The van der Waals surface area contributed by atoms with E-state index < -0.39 is 5.97 Å². The van der Waals surface area contributed by atoms with Gasteiger partial charge < -0.3 is 5.11 Å². The van der Waals surface area contributed by atoms with E-state index in [0.717, 1.165) is 24.1 Å². The van der Waals surface area contributed by atoms with Crippen LogP contribution < -0.4 is 0 Å². The number of aromatic nitrogens is 5. The standard InChI is InChI=1S/C16H21N5O2/c22-15(23)7-16(5-6-16)11-20-10-14(18-19-20)12-8-17-21(9-12)13-3-1-2-4-13/h8-10,13H,1-7,11H2,(H,22,23). The SMILES string of the molecule is O=C(O)CC1(Cn2cc(-c3cnn(C4CCCC4)c3)nn2)CC1.